The number of anilines is 1. The predicted octanol–water partition coefficient (Wildman–Crippen LogP) is 0.0969. The summed E-state index contributed by atoms with van der Waals surface area (Å²) >= 11 is 5.68. The van der Waals surface area contributed by atoms with Crippen molar-refractivity contribution in [2.45, 2.75) is 17.9 Å². The smallest absolute Gasteiger partial charge is 0.247 e. The Labute approximate surface area is 124 Å². The molecule has 0 radical (unpaired) electrons. The third-order valence-corrected chi connectivity index (χ3v) is 5.13. The molecule has 1 aliphatic rings. The van der Waals surface area contributed by atoms with Gasteiger partial charge in [0.2, 0.25) is 21.8 Å². The van der Waals surface area contributed by atoms with E-state index in [-0.39, 0.29) is 5.02 Å². The normalized spacial score (nSPS) is 20.4. The van der Waals surface area contributed by atoms with E-state index in [1.165, 1.54) is 6.92 Å². The summed E-state index contributed by atoms with van der Waals surface area (Å²) in [7, 11) is -4.44. The van der Waals surface area contributed by atoms with Gasteiger partial charge in [0, 0.05) is 5.02 Å². The van der Waals surface area contributed by atoms with Gasteiger partial charge in [0.25, 0.3) is 0 Å². The van der Waals surface area contributed by atoms with Crippen LogP contribution in [0, 0.1) is 5.82 Å². The number of carbonyl (C=O) groups is 2. The molecule has 21 heavy (non-hydrogen) atoms. The summed E-state index contributed by atoms with van der Waals surface area (Å²) in [5.74, 6) is -2.76. The van der Waals surface area contributed by atoms with Crippen LogP contribution in [0.1, 0.15) is 6.92 Å². The van der Waals surface area contributed by atoms with E-state index in [1.54, 1.807) is 0 Å². The lowest BCUT2D eigenvalue weighted by Crippen LogP contribution is -2.58. The minimum absolute atomic E-state index is 0.0760. The molecule has 1 aromatic carbocycles. The number of halogens is 2. The number of nitrogen functional groups attached to an aromatic ring is 1. The zero-order chi connectivity index (χ0) is 15.9. The monoisotopic (exact) mass is 335 g/mol. The van der Waals surface area contributed by atoms with Crippen molar-refractivity contribution in [2.75, 3.05) is 12.3 Å². The molecule has 1 heterocycles. The minimum Gasteiger partial charge on any atom is -0.396 e. The summed E-state index contributed by atoms with van der Waals surface area (Å²) in [6.07, 6.45) is 0. The minimum atomic E-state index is -4.44. The summed E-state index contributed by atoms with van der Waals surface area (Å²) in [5, 5.41) is 1.92. The largest absolute Gasteiger partial charge is 0.396 e. The first-order valence-corrected chi connectivity index (χ1v) is 7.56. The summed E-state index contributed by atoms with van der Waals surface area (Å²) in [6.45, 7) is 0.687. The Morgan fingerprint density at radius 2 is 2.05 bits per heavy atom. The molecule has 1 fully saturated rings. The van der Waals surface area contributed by atoms with Crippen molar-refractivity contribution in [1.82, 2.24) is 9.62 Å². The topological polar surface area (TPSA) is 110 Å². The molecule has 2 amide bonds. The number of carbonyl (C=O) groups excluding carboxylic acids is 2. The van der Waals surface area contributed by atoms with Gasteiger partial charge in [0.1, 0.15) is 10.9 Å². The SMILES string of the molecule is CC1C(=O)NC(=O)CN1S(=O)(=O)c1cc(Cl)cc(N)c1F. The molecular formula is C11H11ClFN3O4S. The molecule has 0 bridgehead atoms. The number of hydrogen-bond donors (Lipinski definition) is 2. The number of nitrogens with zero attached hydrogens (tertiary/aromatic N) is 1. The first-order chi connectivity index (χ1) is 9.64. The Morgan fingerprint density at radius 1 is 1.43 bits per heavy atom. The fraction of sp³-hybridized carbons (Fsp3) is 0.273. The zero-order valence-electron chi connectivity index (χ0n) is 10.8. The van der Waals surface area contributed by atoms with Gasteiger partial charge in [-0.15, -0.1) is 0 Å². The Bertz CT molecular complexity index is 737. The Kier molecular flexibility index (Phi) is 3.91. The van der Waals surface area contributed by atoms with Crippen LogP contribution >= 0.6 is 11.6 Å². The van der Waals surface area contributed by atoms with Crippen molar-refractivity contribution in [3.63, 3.8) is 0 Å². The number of rotatable bonds is 2. The van der Waals surface area contributed by atoms with Gasteiger partial charge in [-0.2, -0.15) is 4.31 Å². The Hall–Kier alpha value is -1.71. The average molecular weight is 336 g/mol. The number of imide groups is 1. The number of amides is 2. The van der Waals surface area contributed by atoms with E-state index in [4.69, 9.17) is 17.3 Å². The van der Waals surface area contributed by atoms with Gasteiger partial charge in [-0.1, -0.05) is 11.6 Å². The molecule has 2 rings (SSSR count). The van der Waals surface area contributed by atoms with Gasteiger partial charge in [0.05, 0.1) is 12.2 Å². The number of nitrogens with two attached hydrogens (primary N) is 1. The average Bonchev–Trinajstić information content (AvgIpc) is 2.37. The van der Waals surface area contributed by atoms with E-state index in [9.17, 15) is 22.4 Å². The van der Waals surface area contributed by atoms with E-state index < -0.39 is 50.8 Å². The zero-order valence-corrected chi connectivity index (χ0v) is 12.3. The van der Waals surface area contributed by atoms with Crippen LogP contribution in [0.4, 0.5) is 10.1 Å². The fourth-order valence-corrected chi connectivity index (χ4v) is 3.85. The second-order valence-corrected chi connectivity index (χ2v) is 6.74. The highest BCUT2D eigenvalue weighted by atomic mass is 35.5. The number of benzene rings is 1. The van der Waals surface area contributed by atoms with Gasteiger partial charge < -0.3 is 5.73 Å². The van der Waals surface area contributed by atoms with E-state index >= 15 is 0 Å². The maximum atomic E-state index is 14.0. The molecule has 10 heteroatoms. The summed E-state index contributed by atoms with van der Waals surface area (Å²) in [4.78, 5) is 22.1. The quantitative estimate of drug-likeness (QED) is 0.588. The molecule has 0 spiro atoms. The lowest BCUT2D eigenvalue weighted by atomic mass is 10.2. The first-order valence-electron chi connectivity index (χ1n) is 5.74. The van der Waals surface area contributed by atoms with Crippen molar-refractivity contribution < 1.29 is 22.4 Å². The van der Waals surface area contributed by atoms with Gasteiger partial charge in [-0.25, -0.2) is 12.8 Å². The van der Waals surface area contributed by atoms with Gasteiger partial charge in [-0.3, -0.25) is 14.9 Å². The molecule has 0 saturated carbocycles. The lowest BCUT2D eigenvalue weighted by molar-refractivity contribution is -0.136. The molecule has 1 aliphatic heterocycles. The van der Waals surface area contributed by atoms with E-state index in [0.29, 0.717) is 4.31 Å². The van der Waals surface area contributed by atoms with Crippen LogP contribution in [0.2, 0.25) is 5.02 Å². The molecule has 1 saturated heterocycles. The third kappa shape index (κ3) is 2.71. The van der Waals surface area contributed by atoms with Crippen molar-refractivity contribution in [2.24, 2.45) is 0 Å². The molecule has 1 aromatic rings. The molecule has 3 N–H and O–H groups in total. The second-order valence-electron chi connectivity index (χ2n) is 4.45. The molecule has 0 aliphatic carbocycles. The number of nitrogens with one attached hydrogen (secondary N) is 1. The molecule has 7 nitrogen and oxygen atoms in total. The van der Waals surface area contributed by atoms with E-state index in [2.05, 4.69) is 0 Å². The predicted molar refractivity (Wildman–Crippen MR) is 72.3 cm³/mol. The highest BCUT2D eigenvalue weighted by molar-refractivity contribution is 7.89. The Balaban J connectivity index is 2.57. The van der Waals surface area contributed by atoms with Crippen molar-refractivity contribution in [3.05, 3.63) is 23.0 Å². The van der Waals surface area contributed by atoms with Crippen LogP contribution in [0.25, 0.3) is 0 Å². The standard InChI is InChI=1S/C11H11ClFN3O4S/c1-5-11(18)15-9(17)4-16(5)21(19,20)8-3-6(12)2-7(14)10(8)13/h2-3,5H,4,14H2,1H3,(H,15,17,18). The van der Waals surface area contributed by atoms with Crippen LogP contribution in [-0.4, -0.2) is 37.1 Å². The first kappa shape index (κ1) is 15.7. The summed E-state index contributed by atoms with van der Waals surface area (Å²) in [6, 6.07) is 0.784. The number of piperazine rings is 1. The number of sulfonamides is 1. The Morgan fingerprint density at radius 3 is 2.67 bits per heavy atom. The molecular weight excluding hydrogens is 325 g/mol. The second kappa shape index (κ2) is 5.24. The van der Waals surface area contributed by atoms with Gasteiger partial charge >= 0.3 is 0 Å². The van der Waals surface area contributed by atoms with Gasteiger partial charge in [0.15, 0.2) is 5.82 Å². The maximum absolute atomic E-state index is 14.0. The maximum Gasteiger partial charge on any atom is 0.247 e. The van der Waals surface area contributed by atoms with Crippen molar-refractivity contribution in [3.8, 4) is 0 Å². The molecule has 1 atom stereocenters. The summed E-state index contributed by atoms with van der Waals surface area (Å²) in [5.41, 5.74) is 4.91. The molecule has 0 aromatic heterocycles. The van der Waals surface area contributed by atoms with Crippen LogP contribution < -0.4 is 11.1 Å². The van der Waals surface area contributed by atoms with Crippen molar-refractivity contribution in [1.29, 1.82) is 0 Å². The highest BCUT2D eigenvalue weighted by Gasteiger charge is 2.40. The van der Waals surface area contributed by atoms with Crippen LogP contribution in [0.15, 0.2) is 17.0 Å². The molecule has 114 valence electrons. The van der Waals surface area contributed by atoms with Crippen molar-refractivity contribution >= 4 is 39.1 Å². The highest BCUT2D eigenvalue weighted by Crippen LogP contribution is 2.29. The van der Waals surface area contributed by atoms with E-state index in [1.807, 2.05) is 5.32 Å². The summed E-state index contributed by atoms with van der Waals surface area (Å²) < 4.78 is 39.5. The van der Waals surface area contributed by atoms with E-state index in [0.717, 1.165) is 12.1 Å². The molecule has 1 unspecified atom stereocenters. The van der Waals surface area contributed by atoms with Gasteiger partial charge in [-0.05, 0) is 19.1 Å². The third-order valence-electron chi connectivity index (χ3n) is 2.99. The van der Waals surface area contributed by atoms with Crippen LogP contribution in [0.3, 0.4) is 0 Å². The fourth-order valence-electron chi connectivity index (χ4n) is 1.88. The van der Waals surface area contributed by atoms with Crippen LogP contribution in [0.5, 0.6) is 0 Å². The lowest BCUT2D eigenvalue weighted by Gasteiger charge is -2.30. The number of hydrogen-bond acceptors (Lipinski definition) is 5. The van der Waals surface area contributed by atoms with Crippen LogP contribution in [-0.2, 0) is 19.6 Å².